The second-order valence-electron chi connectivity index (χ2n) is 7.14. The molecule has 0 radical (unpaired) electrons. The number of thioether (sulfide) groups is 1. The number of carbonyl (C=O) groups excluding carboxylic acids is 2. The van der Waals surface area contributed by atoms with E-state index in [9.17, 15) is 9.59 Å². The average Bonchev–Trinajstić information content (AvgIpc) is 3.33. The van der Waals surface area contributed by atoms with Crippen molar-refractivity contribution in [3.63, 3.8) is 0 Å². The zero-order chi connectivity index (χ0) is 20.2. The highest BCUT2D eigenvalue weighted by molar-refractivity contribution is 7.99. The van der Waals surface area contributed by atoms with E-state index in [0.717, 1.165) is 44.1 Å². The summed E-state index contributed by atoms with van der Waals surface area (Å²) in [5, 5.41) is 18.9. The van der Waals surface area contributed by atoms with Crippen molar-refractivity contribution < 1.29 is 14.3 Å². The molecule has 2 N–H and O–H groups in total. The number of anilines is 1. The van der Waals surface area contributed by atoms with Crippen LogP contribution in [0.4, 0.5) is 5.00 Å². The fraction of sp³-hybridized carbons (Fsp3) is 0.611. The molecule has 0 atom stereocenters. The van der Waals surface area contributed by atoms with Crippen LogP contribution in [-0.4, -0.2) is 58.0 Å². The first kappa shape index (κ1) is 20.3. The van der Waals surface area contributed by atoms with E-state index in [4.69, 9.17) is 4.74 Å². The average molecular weight is 437 g/mol. The molecule has 2 aromatic rings. The first-order valence-corrected chi connectivity index (χ1v) is 11.6. The highest BCUT2D eigenvalue weighted by atomic mass is 32.2. The Labute approximate surface area is 177 Å². The largest absolute Gasteiger partial charge is 0.383 e. The van der Waals surface area contributed by atoms with Gasteiger partial charge in [0.2, 0.25) is 11.1 Å². The van der Waals surface area contributed by atoms with E-state index in [1.165, 1.54) is 28.0 Å². The number of fused-ring (bicyclic) bond motifs is 1. The number of methoxy groups -OCH3 is 1. The van der Waals surface area contributed by atoms with Crippen LogP contribution in [0.15, 0.2) is 5.16 Å². The molecule has 0 bridgehead atoms. The lowest BCUT2D eigenvalue weighted by molar-refractivity contribution is -0.113. The summed E-state index contributed by atoms with van der Waals surface area (Å²) in [6, 6.07) is 0.363. The summed E-state index contributed by atoms with van der Waals surface area (Å²) in [5.74, 6) is -0.118. The molecule has 0 saturated heterocycles. The molecule has 2 aliphatic carbocycles. The Bertz CT molecular complexity index is 892. The van der Waals surface area contributed by atoms with Crippen molar-refractivity contribution in [2.75, 3.05) is 31.3 Å². The SMILES string of the molecule is COCCNC(=O)c1c(NC(=O)CSc2nnnn2C2CC2)sc2c1CCCC2. The fourth-order valence-corrected chi connectivity index (χ4v) is 5.42. The monoisotopic (exact) mass is 436 g/mol. The van der Waals surface area contributed by atoms with Crippen molar-refractivity contribution in [1.82, 2.24) is 25.5 Å². The predicted molar refractivity (Wildman–Crippen MR) is 111 cm³/mol. The van der Waals surface area contributed by atoms with Gasteiger partial charge in [0.05, 0.1) is 24.0 Å². The Morgan fingerprint density at radius 2 is 2.14 bits per heavy atom. The summed E-state index contributed by atoms with van der Waals surface area (Å²) < 4.78 is 6.80. The first-order chi connectivity index (χ1) is 14.2. The van der Waals surface area contributed by atoms with Crippen LogP contribution in [-0.2, 0) is 22.4 Å². The van der Waals surface area contributed by atoms with E-state index < -0.39 is 0 Å². The molecule has 0 aliphatic heterocycles. The number of tetrazole rings is 1. The van der Waals surface area contributed by atoms with Crippen LogP contribution in [0.2, 0.25) is 0 Å². The van der Waals surface area contributed by atoms with Crippen LogP contribution in [0, 0.1) is 0 Å². The predicted octanol–water partition coefficient (Wildman–Crippen LogP) is 2.06. The van der Waals surface area contributed by atoms with Crippen LogP contribution in [0.1, 0.15) is 52.5 Å². The van der Waals surface area contributed by atoms with E-state index >= 15 is 0 Å². The van der Waals surface area contributed by atoms with Crippen molar-refractivity contribution in [2.24, 2.45) is 0 Å². The molecule has 29 heavy (non-hydrogen) atoms. The number of nitrogens with zero attached hydrogens (tertiary/aromatic N) is 4. The molecule has 2 aromatic heterocycles. The quantitative estimate of drug-likeness (QED) is 0.457. The van der Waals surface area contributed by atoms with Gasteiger partial charge in [-0.3, -0.25) is 9.59 Å². The van der Waals surface area contributed by atoms with E-state index in [1.54, 1.807) is 11.8 Å². The molecule has 2 heterocycles. The van der Waals surface area contributed by atoms with Crippen LogP contribution in [0.3, 0.4) is 0 Å². The number of thiophene rings is 1. The summed E-state index contributed by atoms with van der Waals surface area (Å²) in [5.41, 5.74) is 1.69. The van der Waals surface area contributed by atoms with Gasteiger partial charge in [0, 0.05) is 18.5 Å². The molecular formula is C18H24N6O3S2. The number of carbonyl (C=O) groups is 2. The number of ether oxygens (including phenoxy) is 1. The highest BCUT2D eigenvalue weighted by Crippen LogP contribution is 2.39. The normalized spacial score (nSPS) is 15.8. The van der Waals surface area contributed by atoms with Gasteiger partial charge in [0.1, 0.15) is 5.00 Å². The number of nitrogens with one attached hydrogen (secondary N) is 2. The van der Waals surface area contributed by atoms with Gasteiger partial charge < -0.3 is 15.4 Å². The maximum Gasteiger partial charge on any atom is 0.254 e. The number of aromatic nitrogens is 4. The second-order valence-corrected chi connectivity index (χ2v) is 9.19. The molecule has 1 saturated carbocycles. The third-order valence-corrected chi connectivity index (χ3v) is 7.07. The smallest absolute Gasteiger partial charge is 0.254 e. The number of hydrogen-bond acceptors (Lipinski definition) is 8. The number of amides is 2. The molecule has 2 amide bonds. The van der Waals surface area contributed by atoms with E-state index in [2.05, 4.69) is 26.2 Å². The summed E-state index contributed by atoms with van der Waals surface area (Å²) in [7, 11) is 1.60. The maximum atomic E-state index is 12.8. The Morgan fingerprint density at radius 3 is 2.93 bits per heavy atom. The van der Waals surface area contributed by atoms with Crippen molar-refractivity contribution in [3.8, 4) is 0 Å². The zero-order valence-electron chi connectivity index (χ0n) is 16.3. The summed E-state index contributed by atoms with van der Waals surface area (Å²) in [6.07, 6.45) is 6.17. The summed E-state index contributed by atoms with van der Waals surface area (Å²) >= 11 is 2.84. The van der Waals surface area contributed by atoms with Crippen molar-refractivity contribution in [2.45, 2.75) is 49.7 Å². The van der Waals surface area contributed by atoms with Gasteiger partial charge in [-0.1, -0.05) is 11.8 Å². The van der Waals surface area contributed by atoms with E-state index in [1.807, 2.05) is 0 Å². The third-order valence-electron chi connectivity index (χ3n) is 4.93. The Kier molecular flexibility index (Phi) is 6.46. The van der Waals surface area contributed by atoms with Gasteiger partial charge in [-0.25, -0.2) is 4.68 Å². The van der Waals surface area contributed by atoms with Gasteiger partial charge in [0.15, 0.2) is 0 Å². The van der Waals surface area contributed by atoms with Gasteiger partial charge in [-0.15, -0.1) is 16.4 Å². The Balaban J connectivity index is 1.44. The van der Waals surface area contributed by atoms with Crippen molar-refractivity contribution in [3.05, 3.63) is 16.0 Å². The molecule has 2 aliphatic rings. The van der Waals surface area contributed by atoms with Crippen LogP contribution in [0.5, 0.6) is 0 Å². The molecule has 9 nitrogen and oxygen atoms in total. The summed E-state index contributed by atoms with van der Waals surface area (Å²) in [6.45, 7) is 0.888. The Morgan fingerprint density at radius 1 is 1.31 bits per heavy atom. The first-order valence-electron chi connectivity index (χ1n) is 9.79. The molecule has 0 spiro atoms. The van der Waals surface area contributed by atoms with Crippen LogP contribution in [0.25, 0.3) is 0 Å². The van der Waals surface area contributed by atoms with Crippen molar-refractivity contribution in [1.29, 1.82) is 0 Å². The lowest BCUT2D eigenvalue weighted by Gasteiger charge is -2.13. The molecule has 4 rings (SSSR count). The lowest BCUT2D eigenvalue weighted by atomic mass is 9.95. The standard InChI is InChI=1S/C18H24N6O3S2/c1-27-9-8-19-16(26)15-12-4-2-3-5-13(12)29-17(15)20-14(25)10-28-18-21-22-23-24(18)11-6-7-11/h11H,2-10H2,1H3,(H,19,26)(H,20,25). The van der Waals surface area contributed by atoms with E-state index in [-0.39, 0.29) is 17.6 Å². The van der Waals surface area contributed by atoms with Crippen molar-refractivity contribution >= 4 is 39.9 Å². The number of rotatable bonds is 9. The number of aryl methyl sites for hydroxylation is 1. The topological polar surface area (TPSA) is 111 Å². The minimum atomic E-state index is -0.162. The third kappa shape index (κ3) is 4.78. The fourth-order valence-electron chi connectivity index (χ4n) is 3.37. The second kappa shape index (κ2) is 9.23. The lowest BCUT2D eigenvalue weighted by Crippen LogP contribution is -2.29. The van der Waals surface area contributed by atoms with Gasteiger partial charge >= 0.3 is 0 Å². The van der Waals surface area contributed by atoms with Gasteiger partial charge in [-0.05, 0) is 54.5 Å². The van der Waals surface area contributed by atoms with Crippen LogP contribution >= 0.6 is 23.1 Å². The minimum absolute atomic E-state index is 0.151. The summed E-state index contributed by atoms with van der Waals surface area (Å²) in [4.78, 5) is 26.6. The minimum Gasteiger partial charge on any atom is -0.383 e. The molecule has 0 aromatic carbocycles. The Hall–Kier alpha value is -1.98. The molecule has 0 unspecified atom stereocenters. The molecular weight excluding hydrogens is 412 g/mol. The molecule has 1 fully saturated rings. The zero-order valence-corrected chi connectivity index (χ0v) is 17.9. The van der Waals surface area contributed by atoms with Gasteiger partial charge in [0.25, 0.3) is 5.91 Å². The highest BCUT2D eigenvalue weighted by Gasteiger charge is 2.29. The van der Waals surface area contributed by atoms with Gasteiger partial charge in [-0.2, -0.15) is 0 Å². The molecule has 11 heteroatoms. The molecule has 156 valence electrons. The van der Waals surface area contributed by atoms with Crippen LogP contribution < -0.4 is 10.6 Å². The number of hydrogen-bond donors (Lipinski definition) is 2. The maximum absolute atomic E-state index is 12.8. The van der Waals surface area contributed by atoms with E-state index in [0.29, 0.717) is 34.9 Å².